The lowest BCUT2D eigenvalue weighted by Gasteiger charge is -2.46. The molecule has 0 aliphatic carbocycles. The number of carbonyl (C=O) groups excluding carboxylic acids is 1. The molecule has 10 heteroatoms. The molecule has 0 radical (unpaired) electrons. The Balaban J connectivity index is 1.99. The molecule has 1 saturated heterocycles. The number of hydrogen-bond donors (Lipinski definition) is 2. The van der Waals surface area contributed by atoms with Gasteiger partial charge in [-0.3, -0.25) is 4.79 Å². The number of fused-ring (bicyclic) bond motifs is 1. The smallest absolute Gasteiger partial charge is 0.407 e. The molecule has 0 aromatic heterocycles. The number of piperazine rings is 1. The minimum absolute atomic E-state index is 0.0500. The zero-order valence-corrected chi connectivity index (χ0v) is 18.1. The average molecular weight is 476 g/mol. The number of carbonyl (C=O) groups is 2. The van der Waals surface area contributed by atoms with Crippen LogP contribution in [-0.2, 0) is 0 Å². The molecule has 0 spiro atoms. The van der Waals surface area contributed by atoms with E-state index in [1.807, 2.05) is 25.7 Å². The standard InChI is InChI=1S/C18H21BrClFN4O3/c1-18(2,3)11-8-24(4-5-25(11)17(27)28)12-7-22-16(26)9-6-10(20)13(19)14(21)15(9)23-12/h6,11H,4-5,7-8H2,1-3H3,(H,22,26)(H,27,28). The van der Waals surface area contributed by atoms with E-state index in [9.17, 15) is 19.1 Å². The molecule has 1 atom stereocenters. The van der Waals surface area contributed by atoms with Crippen molar-refractivity contribution in [3.05, 3.63) is 26.9 Å². The SMILES string of the molecule is CC(C)(C)C1CN(C2=Nc3c(cc(Cl)c(Br)c3F)C(=O)NC2)CCN1C(=O)O. The highest BCUT2D eigenvalue weighted by Gasteiger charge is 2.39. The molecule has 3 rings (SSSR count). The zero-order chi connectivity index (χ0) is 20.8. The molecule has 1 unspecified atom stereocenters. The number of halogens is 3. The van der Waals surface area contributed by atoms with Crippen molar-refractivity contribution < 1.29 is 19.1 Å². The van der Waals surface area contributed by atoms with Gasteiger partial charge in [-0.2, -0.15) is 0 Å². The third kappa shape index (κ3) is 3.82. The summed E-state index contributed by atoms with van der Waals surface area (Å²) in [7, 11) is 0. The fourth-order valence-corrected chi connectivity index (χ4v) is 3.96. The third-order valence-electron chi connectivity index (χ3n) is 5.02. The molecule has 2 aliphatic heterocycles. The summed E-state index contributed by atoms with van der Waals surface area (Å²) in [6.07, 6.45) is -0.967. The Morgan fingerprint density at radius 1 is 1.43 bits per heavy atom. The van der Waals surface area contributed by atoms with Gasteiger partial charge in [0.05, 0.1) is 27.6 Å². The van der Waals surface area contributed by atoms with Crippen LogP contribution >= 0.6 is 27.5 Å². The van der Waals surface area contributed by atoms with Crippen LogP contribution in [0.2, 0.25) is 5.02 Å². The van der Waals surface area contributed by atoms with Crippen LogP contribution in [-0.4, -0.2) is 65.0 Å². The Kier molecular flexibility index (Phi) is 5.60. The molecule has 28 heavy (non-hydrogen) atoms. The van der Waals surface area contributed by atoms with Crippen LogP contribution < -0.4 is 5.32 Å². The van der Waals surface area contributed by atoms with Crippen LogP contribution in [0.4, 0.5) is 14.9 Å². The molecule has 1 aromatic rings. The van der Waals surface area contributed by atoms with E-state index in [1.54, 1.807) is 0 Å². The van der Waals surface area contributed by atoms with E-state index in [-0.39, 0.29) is 38.7 Å². The highest BCUT2D eigenvalue weighted by atomic mass is 79.9. The van der Waals surface area contributed by atoms with E-state index < -0.39 is 17.8 Å². The van der Waals surface area contributed by atoms with Crippen molar-refractivity contribution >= 4 is 51.1 Å². The first-order valence-electron chi connectivity index (χ1n) is 8.78. The van der Waals surface area contributed by atoms with Crippen LogP contribution in [0.3, 0.4) is 0 Å². The molecule has 7 nitrogen and oxygen atoms in total. The molecule has 0 bridgehead atoms. The van der Waals surface area contributed by atoms with Crippen LogP contribution in [0.25, 0.3) is 0 Å². The molecule has 2 amide bonds. The second-order valence-corrected chi connectivity index (χ2v) is 9.10. The van der Waals surface area contributed by atoms with Gasteiger partial charge >= 0.3 is 6.09 Å². The van der Waals surface area contributed by atoms with Gasteiger partial charge in [-0.05, 0) is 27.4 Å². The fourth-order valence-electron chi connectivity index (χ4n) is 3.46. The number of benzene rings is 1. The summed E-state index contributed by atoms with van der Waals surface area (Å²) >= 11 is 9.07. The first-order chi connectivity index (χ1) is 13.0. The Labute approximate surface area is 175 Å². The first-order valence-corrected chi connectivity index (χ1v) is 9.95. The summed E-state index contributed by atoms with van der Waals surface area (Å²) in [5, 5.41) is 12.3. The predicted octanol–water partition coefficient (Wildman–Crippen LogP) is 3.73. The van der Waals surface area contributed by atoms with E-state index in [0.717, 1.165) is 0 Å². The maximum atomic E-state index is 14.7. The van der Waals surface area contributed by atoms with Gasteiger partial charge in [0, 0.05) is 19.6 Å². The minimum Gasteiger partial charge on any atom is -0.465 e. The maximum absolute atomic E-state index is 14.7. The van der Waals surface area contributed by atoms with E-state index >= 15 is 0 Å². The summed E-state index contributed by atoms with van der Waals surface area (Å²) in [5.41, 5.74) is -0.308. The summed E-state index contributed by atoms with van der Waals surface area (Å²) in [4.78, 5) is 31.8. The maximum Gasteiger partial charge on any atom is 0.407 e. The van der Waals surface area contributed by atoms with Crippen molar-refractivity contribution in [2.24, 2.45) is 10.4 Å². The molecular weight excluding hydrogens is 455 g/mol. The molecule has 2 aliphatic rings. The Bertz CT molecular complexity index is 871. The number of hydrogen-bond acceptors (Lipinski definition) is 4. The monoisotopic (exact) mass is 474 g/mol. The minimum atomic E-state index is -0.967. The van der Waals surface area contributed by atoms with Crippen molar-refractivity contribution in [2.75, 3.05) is 26.2 Å². The first kappa shape index (κ1) is 20.9. The van der Waals surface area contributed by atoms with Crippen molar-refractivity contribution in [2.45, 2.75) is 26.8 Å². The second-order valence-electron chi connectivity index (χ2n) is 7.90. The van der Waals surface area contributed by atoms with Crippen LogP contribution in [0.5, 0.6) is 0 Å². The molecule has 0 saturated carbocycles. The normalized spacial score (nSPS) is 20.3. The lowest BCUT2D eigenvalue weighted by molar-refractivity contribution is 0.0421. The van der Waals surface area contributed by atoms with Gasteiger partial charge in [0.15, 0.2) is 5.82 Å². The van der Waals surface area contributed by atoms with Crippen LogP contribution in [0.15, 0.2) is 15.5 Å². The average Bonchev–Trinajstić information content (AvgIpc) is 2.78. The number of nitrogens with zero attached hydrogens (tertiary/aromatic N) is 3. The molecule has 2 heterocycles. The number of nitrogens with one attached hydrogen (secondary N) is 1. The molecule has 2 N–H and O–H groups in total. The topological polar surface area (TPSA) is 85.2 Å². The lowest BCUT2D eigenvalue weighted by Crippen LogP contribution is -2.61. The van der Waals surface area contributed by atoms with Crippen LogP contribution in [0, 0.1) is 11.2 Å². The molecule has 1 fully saturated rings. The summed E-state index contributed by atoms with van der Waals surface area (Å²) in [5.74, 6) is -0.674. The quantitative estimate of drug-likeness (QED) is 0.560. The Morgan fingerprint density at radius 3 is 2.71 bits per heavy atom. The second kappa shape index (κ2) is 7.51. The highest BCUT2D eigenvalue weighted by molar-refractivity contribution is 9.10. The van der Waals surface area contributed by atoms with Crippen molar-refractivity contribution in [3.8, 4) is 0 Å². The van der Waals surface area contributed by atoms with Crippen molar-refractivity contribution in [1.29, 1.82) is 0 Å². The number of carboxylic acid groups (broad SMARTS) is 1. The lowest BCUT2D eigenvalue weighted by atomic mass is 9.84. The number of amidine groups is 1. The number of aliphatic imine (C=N–C) groups is 1. The summed E-state index contributed by atoms with van der Waals surface area (Å²) < 4.78 is 14.8. The predicted molar refractivity (Wildman–Crippen MR) is 108 cm³/mol. The zero-order valence-electron chi connectivity index (χ0n) is 15.7. The van der Waals surface area contributed by atoms with Gasteiger partial charge in [0.2, 0.25) is 0 Å². The molecule has 152 valence electrons. The van der Waals surface area contributed by atoms with E-state index in [2.05, 4.69) is 26.2 Å². The van der Waals surface area contributed by atoms with E-state index in [0.29, 0.717) is 25.5 Å². The largest absolute Gasteiger partial charge is 0.465 e. The van der Waals surface area contributed by atoms with E-state index in [4.69, 9.17) is 11.6 Å². The van der Waals surface area contributed by atoms with Crippen LogP contribution in [0.1, 0.15) is 31.1 Å². The van der Waals surface area contributed by atoms with Crippen molar-refractivity contribution in [3.63, 3.8) is 0 Å². The van der Waals surface area contributed by atoms with Gasteiger partial charge in [-0.1, -0.05) is 32.4 Å². The summed E-state index contributed by atoms with van der Waals surface area (Å²) in [6, 6.07) is 1.10. The summed E-state index contributed by atoms with van der Waals surface area (Å²) in [6.45, 7) is 7.14. The Morgan fingerprint density at radius 2 is 2.11 bits per heavy atom. The number of rotatable bonds is 0. The van der Waals surface area contributed by atoms with Gasteiger partial charge in [-0.15, -0.1) is 0 Å². The number of amides is 2. The molecule has 1 aromatic carbocycles. The van der Waals surface area contributed by atoms with Gasteiger partial charge in [-0.25, -0.2) is 14.2 Å². The fraction of sp³-hybridized carbons (Fsp3) is 0.500. The van der Waals surface area contributed by atoms with Gasteiger partial charge < -0.3 is 20.2 Å². The van der Waals surface area contributed by atoms with E-state index in [1.165, 1.54) is 11.0 Å². The third-order valence-corrected chi connectivity index (χ3v) is 6.32. The Hall–Kier alpha value is -1.87. The highest BCUT2D eigenvalue weighted by Crippen LogP contribution is 2.37. The van der Waals surface area contributed by atoms with Gasteiger partial charge in [0.25, 0.3) is 5.91 Å². The van der Waals surface area contributed by atoms with Gasteiger partial charge in [0.1, 0.15) is 11.5 Å². The molecular formula is C18H21BrClFN4O3. The van der Waals surface area contributed by atoms with Crippen molar-refractivity contribution in [1.82, 2.24) is 15.1 Å².